The minimum Gasteiger partial charge on any atom is -0.378 e. The van der Waals surface area contributed by atoms with Crippen molar-refractivity contribution in [2.24, 2.45) is 0 Å². The Morgan fingerprint density at radius 1 is 1.28 bits per heavy atom. The molecule has 0 spiro atoms. The second-order valence-corrected chi connectivity index (χ2v) is 6.13. The molecule has 0 unspecified atom stereocenters. The molecule has 2 aromatic rings. The number of halogens is 1. The van der Waals surface area contributed by atoms with Crippen LogP contribution in [0.1, 0.15) is 11.1 Å². The molecule has 1 aromatic carbocycles. The first-order chi connectivity index (χ1) is 12.2. The van der Waals surface area contributed by atoms with Gasteiger partial charge in [0.2, 0.25) is 5.91 Å². The van der Waals surface area contributed by atoms with Crippen LogP contribution >= 0.6 is 11.6 Å². The third kappa shape index (κ3) is 5.05. The molecule has 1 aliphatic rings. The third-order valence-corrected chi connectivity index (χ3v) is 4.14. The number of morpholine rings is 1. The third-order valence-electron chi connectivity index (χ3n) is 3.91. The van der Waals surface area contributed by atoms with Crippen molar-refractivity contribution in [3.05, 3.63) is 64.8 Å². The molecular formula is C19H20ClN3O2. The Bertz CT molecular complexity index is 758. The molecule has 25 heavy (non-hydrogen) atoms. The van der Waals surface area contributed by atoms with Crippen LogP contribution in [-0.2, 0) is 16.1 Å². The Morgan fingerprint density at radius 3 is 2.92 bits per heavy atom. The summed E-state index contributed by atoms with van der Waals surface area (Å²) in [6.07, 6.45) is 5.03. The highest BCUT2D eigenvalue weighted by Crippen LogP contribution is 2.18. The van der Waals surface area contributed by atoms with Crippen molar-refractivity contribution >= 4 is 29.4 Å². The van der Waals surface area contributed by atoms with Crippen LogP contribution in [0, 0.1) is 0 Å². The van der Waals surface area contributed by atoms with Gasteiger partial charge in [0.05, 0.1) is 13.2 Å². The molecule has 6 heteroatoms. The molecule has 5 nitrogen and oxygen atoms in total. The van der Waals surface area contributed by atoms with Crippen molar-refractivity contribution in [2.45, 2.75) is 6.54 Å². The summed E-state index contributed by atoms with van der Waals surface area (Å²) >= 11 is 5.94. The summed E-state index contributed by atoms with van der Waals surface area (Å²) in [7, 11) is 0. The van der Waals surface area contributed by atoms with Crippen LogP contribution in [-0.4, -0.2) is 37.2 Å². The molecule has 0 saturated carbocycles. The van der Waals surface area contributed by atoms with E-state index in [1.807, 2.05) is 30.3 Å². The molecule has 2 heterocycles. The van der Waals surface area contributed by atoms with Crippen LogP contribution in [0.4, 0.5) is 5.82 Å². The standard InChI is InChI=1S/C19H20ClN3O2/c20-17-5-1-3-15(13-17)6-7-18(24)22-14-16-4-2-8-21-19(16)23-9-11-25-12-10-23/h1-8,13H,9-12,14H2,(H,22,24)/b7-6+. The van der Waals surface area contributed by atoms with Gasteiger partial charge in [0.1, 0.15) is 5.82 Å². The number of pyridine rings is 1. The normalized spacial score (nSPS) is 14.7. The first kappa shape index (κ1) is 17.5. The fraction of sp³-hybridized carbons (Fsp3) is 0.263. The number of hydrogen-bond donors (Lipinski definition) is 1. The van der Waals surface area contributed by atoms with E-state index in [0.717, 1.165) is 30.0 Å². The number of carbonyl (C=O) groups is 1. The maximum atomic E-state index is 12.1. The Balaban J connectivity index is 1.60. The van der Waals surface area contributed by atoms with Crippen LogP contribution < -0.4 is 10.2 Å². The number of aromatic nitrogens is 1. The predicted molar refractivity (Wildman–Crippen MR) is 99.6 cm³/mol. The summed E-state index contributed by atoms with van der Waals surface area (Å²) in [5.41, 5.74) is 1.88. The van der Waals surface area contributed by atoms with Gasteiger partial charge in [-0.25, -0.2) is 4.98 Å². The van der Waals surface area contributed by atoms with Gasteiger partial charge in [-0.05, 0) is 29.8 Å². The summed E-state index contributed by atoms with van der Waals surface area (Å²) in [5.74, 6) is 0.752. The van der Waals surface area contributed by atoms with Gasteiger partial charge in [-0.15, -0.1) is 0 Å². The van der Waals surface area contributed by atoms with Gasteiger partial charge in [-0.2, -0.15) is 0 Å². The molecule has 130 valence electrons. The number of anilines is 1. The van der Waals surface area contributed by atoms with Gasteiger partial charge in [0.25, 0.3) is 0 Å². The zero-order valence-corrected chi connectivity index (χ0v) is 14.6. The highest BCUT2D eigenvalue weighted by atomic mass is 35.5. The van der Waals surface area contributed by atoms with E-state index in [-0.39, 0.29) is 5.91 Å². The molecule has 0 atom stereocenters. The molecule has 1 aliphatic heterocycles. The van der Waals surface area contributed by atoms with E-state index < -0.39 is 0 Å². The van der Waals surface area contributed by atoms with E-state index in [0.29, 0.717) is 24.8 Å². The largest absolute Gasteiger partial charge is 0.378 e. The molecule has 1 saturated heterocycles. The molecule has 1 N–H and O–H groups in total. The minimum absolute atomic E-state index is 0.156. The molecule has 1 amide bonds. The summed E-state index contributed by atoms with van der Waals surface area (Å²) in [6, 6.07) is 11.2. The van der Waals surface area contributed by atoms with Crippen molar-refractivity contribution in [1.82, 2.24) is 10.3 Å². The average Bonchev–Trinajstić information content (AvgIpc) is 2.66. The smallest absolute Gasteiger partial charge is 0.244 e. The fourth-order valence-corrected chi connectivity index (χ4v) is 2.85. The zero-order valence-electron chi connectivity index (χ0n) is 13.8. The Kier molecular flexibility index (Phi) is 6.04. The number of ether oxygens (including phenoxy) is 1. The molecule has 3 rings (SSSR count). The fourth-order valence-electron chi connectivity index (χ4n) is 2.65. The number of carbonyl (C=O) groups excluding carboxylic acids is 1. The van der Waals surface area contributed by atoms with Crippen LogP contribution in [0.25, 0.3) is 6.08 Å². The van der Waals surface area contributed by atoms with Crippen LogP contribution in [0.3, 0.4) is 0 Å². The van der Waals surface area contributed by atoms with E-state index in [4.69, 9.17) is 16.3 Å². The summed E-state index contributed by atoms with van der Waals surface area (Å²) in [5, 5.41) is 3.55. The maximum Gasteiger partial charge on any atom is 0.244 e. The highest BCUT2D eigenvalue weighted by molar-refractivity contribution is 6.30. The monoisotopic (exact) mass is 357 g/mol. The first-order valence-corrected chi connectivity index (χ1v) is 8.58. The van der Waals surface area contributed by atoms with Gasteiger partial charge >= 0.3 is 0 Å². The molecule has 1 aromatic heterocycles. The molecule has 0 bridgehead atoms. The van der Waals surface area contributed by atoms with Crippen molar-refractivity contribution in [3.63, 3.8) is 0 Å². The highest BCUT2D eigenvalue weighted by Gasteiger charge is 2.15. The van der Waals surface area contributed by atoms with Crippen molar-refractivity contribution in [2.75, 3.05) is 31.2 Å². The van der Waals surface area contributed by atoms with E-state index in [1.165, 1.54) is 6.08 Å². The maximum absolute atomic E-state index is 12.1. The summed E-state index contributed by atoms with van der Waals surface area (Å²) in [6.45, 7) is 3.45. The van der Waals surface area contributed by atoms with Gasteiger partial charge in [-0.3, -0.25) is 4.79 Å². The number of hydrogen-bond acceptors (Lipinski definition) is 4. The van der Waals surface area contributed by atoms with Crippen LogP contribution in [0.15, 0.2) is 48.7 Å². The first-order valence-electron chi connectivity index (χ1n) is 8.20. The van der Waals surface area contributed by atoms with Crippen molar-refractivity contribution in [3.8, 4) is 0 Å². The number of benzene rings is 1. The van der Waals surface area contributed by atoms with Gasteiger partial charge in [0.15, 0.2) is 0 Å². The lowest BCUT2D eigenvalue weighted by molar-refractivity contribution is -0.116. The summed E-state index contributed by atoms with van der Waals surface area (Å²) in [4.78, 5) is 18.7. The van der Waals surface area contributed by atoms with Gasteiger partial charge in [-0.1, -0.05) is 29.8 Å². The number of nitrogens with zero attached hydrogens (tertiary/aromatic N) is 2. The quantitative estimate of drug-likeness (QED) is 0.836. The van der Waals surface area contributed by atoms with Crippen molar-refractivity contribution < 1.29 is 9.53 Å². The van der Waals surface area contributed by atoms with Crippen molar-refractivity contribution in [1.29, 1.82) is 0 Å². The molecule has 0 radical (unpaired) electrons. The minimum atomic E-state index is -0.156. The number of amides is 1. The second kappa shape index (κ2) is 8.65. The Morgan fingerprint density at radius 2 is 2.12 bits per heavy atom. The second-order valence-electron chi connectivity index (χ2n) is 5.69. The van der Waals surface area contributed by atoms with Gasteiger partial charge < -0.3 is 15.0 Å². The molecular weight excluding hydrogens is 338 g/mol. The van der Waals surface area contributed by atoms with E-state index in [9.17, 15) is 4.79 Å². The lowest BCUT2D eigenvalue weighted by Gasteiger charge is -2.29. The topological polar surface area (TPSA) is 54.5 Å². The Labute approximate surface area is 152 Å². The van der Waals surface area contributed by atoms with E-state index >= 15 is 0 Å². The van der Waals surface area contributed by atoms with Crippen LogP contribution in [0.2, 0.25) is 5.02 Å². The van der Waals surface area contributed by atoms with Gasteiger partial charge in [0, 0.05) is 42.5 Å². The number of nitrogens with one attached hydrogen (secondary N) is 1. The summed E-state index contributed by atoms with van der Waals surface area (Å²) < 4.78 is 5.38. The zero-order chi connectivity index (χ0) is 17.5. The average molecular weight is 358 g/mol. The number of rotatable bonds is 5. The van der Waals surface area contributed by atoms with E-state index in [1.54, 1.807) is 18.3 Å². The Hall–Kier alpha value is -2.37. The molecule has 0 aliphatic carbocycles. The van der Waals surface area contributed by atoms with Crippen LogP contribution in [0.5, 0.6) is 0 Å². The SMILES string of the molecule is O=C(/C=C/c1cccc(Cl)c1)NCc1cccnc1N1CCOCC1. The molecule has 1 fully saturated rings. The van der Waals surface area contributed by atoms with E-state index in [2.05, 4.69) is 15.2 Å². The lowest BCUT2D eigenvalue weighted by Crippen LogP contribution is -2.37. The predicted octanol–water partition coefficient (Wildman–Crippen LogP) is 2.90. The lowest BCUT2D eigenvalue weighted by atomic mass is 10.2.